The fraction of sp³-hybridized carbons (Fsp3) is 0.214. The molecule has 85 valence electrons. The molecular formula is C14H13NY3-2. The van der Waals surface area contributed by atoms with Crippen molar-refractivity contribution in [1.29, 1.82) is 5.26 Å². The molecule has 0 atom stereocenters. The number of aryl methyl sites for hydroxylation is 1. The number of hydrogen-bond donors (Lipinski definition) is 0. The fourth-order valence-electron chi connectivity index (χ4n) is 1.40. The molecule has 0 N–H and O–H groups in total. The van der Waals surface area contributed by atoms with Crippen LogP contribution in [0.3, 0.4) is 0 Å². The predicted molar refractivity (Wildman–Crippen MR) is 62.4 cm³/mol. The zero-order valence-electron chi connectivity index (χ0n) is 11.0. The van der Waals surface area contributed by atoms with Crippen LogP contribution in [0.4, 0.5) is 0 Å². The minimum absolute atomic E-state index is 0. The van der Waals surface area contributed by atoms with Gasteiger partial charge in [-0.15, -0.1) is 6.07 Å². The maximum Gasteiger partial charge on any atom is 0 e. The van der Waals surface area contributed by atoms with Gasteiger partial charge in [-0.1, -0.05) is 39.0 Å². The second-order valence-corrected chi connectivity index (χ2v) is 2.91. The van der Waals surface area contributed by atoms with Crippen LogP contribution in [-0.4, -0.2) is 0 Å². The van der Waals surface area contributed by atoms with Crippen LogP contribution in [0, 0.1) is 30.4 Å². The molecule has 0 saturated carbocycles. The number of fused-ring (bicyclic) bond motifs is 1. The summed E-state index contributed by atoms with van der Waals surface area (Å²) in [6.07, 6.45) is 0. The van der Waals surface area contributed by atoms with Gasteiger partial charge in [0.25, 0.3) is 0 Å². The number of nitrogens with zero attached hydrogens (tertiary/aromatic N) is 1. The first-order valence-corrected chi connectivity index (χ1v) is 5.05. The third-order valence-electron chi connectivity index (χ3n) is 2.02. The van der Waals surface area contributed by atoms with Crippen molar-refractivity contribution in [2.75, 3.05) is 0 Å². The van der Waals surface area contributed by atoms with Gasteiger partial charge in [0.1, 0.15) is 0 Å². The molecule has 0 aliphatic rings. The van der Waals surface area contributed by atoms with Crippen molar-refractivity contribution in [2.45, 2.75) is 20.8 Å². The third kappa shape index (κ3) is 6.79. The summed E-state index contributed by atoms with van der Waals surface area (Å²) in [5, 5.41) is 10.8. The Hall–Kier alpha value is 1.50. The van der Waals surface area contributed by atoms with Gasteiger partial charge in [0.05, 0.1) is 0 Å². The van der Waals surface area contributed by atoms with Crippen molar-refractivity contribution in [1.82, 2.24) is 0 Å². The fourth-order valence-corrected chi connectivity index (χ4v) is 1.40. The summed E-state index contributed by atoms with van der Waals surface area (Å²) in [6, 6.07) is 15.9. The molecule has 0 aliphatic heterocycles. The molecule has 18 heavy (non-hydrogen) atoms. The van der Waals surface area contributed by atoms with Crippen LogP contribution in [0.25, 0.3) is 10.8 Å². The molecule has 0 bridgehead atoms. The van der Waals surface area contributed by atoms with Crippen LogP contribution in [-0.2, 0) is 98.1 Å². The van der Waals surface area contributed by atoms with E-state index >= 15 is 0 Å². The van der Waals surface area contributed by atoms with Crippen molar-refractivity contribution in [2.24, 2.45) is 0 Å². The number of rotatable bonds is 0. The van der Waals surface area contributed by atoms with Crippen molar-refractivity contribution in [3.8, 4) is 6.07 Å². The molecule has 0 amide bonds. The quantitative estimate of drug-likeness (QED) is 0.549. The molecule has 2 rings (SSSR count). The minimum Gasteiger partial charge on any atom is -0.330 e. The first-order valence-electron chi connectivity index (χ1n) is 5.05. The van der Waals surface area contributed by atoms with Gasteiger partial charge in [-0.25, -0.2) is 11.1 Å². The van der Waals surface area contributed by atoms with Gasteiger partial charge in [0.2, 0.25) is 0 Å². The second kappa shape index (κ2) is 13.5. The molecule has 0 saturated heterocycles. The normalized spacial score (nSPS) is 7.44. The summed E-state index contributed by atoms with van der Waals surface area (Å²) in [6.45, 7) is 5.96. The van der Waals surface area contributed by atoms with Gasteiger partial charge in [-0.2, -0.15) is 16.8 Å². The summed E-state index contributed by atoms with van der Waals surface area (Å²) in [5.74, 6) is 0. The third-order valence-corrected chi connectivity index (χ3v) is 2.02. The van der Waals surface area contributed by atoms with Crippen LogP contribution >= 0.6 is 0 Å². The summed E-state index contributed by atoms with van der Waals surface area (Å²) in [7, 11) is 0. The van der Waals surface area contributed by atoms with E-state index in [0.29, 0.717) is 5.56 Å². The van der Waals surface area contributed by atoms with Crippen LogP contribution < -0.4 is 0 Å². The number of benzene rings is 2. The monoisotopic (exact) mass is 462 g/mol. The summed E-state index contributed by atoms with van der Waals surface area (Å²) in [5.41, 5.74) is 1.49. The average molecular weight is 462 g/mol. The molecule has 0 spiro atoms. The van der Waals surface area contributed by atoms with Crippen LogP contribution in [0.2, 0.25) is 0 Å². The molecule has 3 radical (unpaired) electrons. The van der Waals surface area contributed by atoms with E-state index in [-0.39, 0.29) is 98.1 Å². The van der Waals surface area contributed by atoms with E-state index in [1.807, 2.05) is 51.1 Å². The maximum absolute atomic E-state index is 8.71. The van der Waals surface area contributed by atoms with Crippen LogP contribution in [0.5, 0.6) is 0 Å². The Morgan fingerprint density at radius 3 is 2.11 bits per heavy atom. The largest absolute Gasteiger partial charge is 0.330 e. The van der Waals surface area contributed by atoms with E-state index in [0.717, 1.165) is 16.3 Å². The molecule has 0 unspecified atom stereocenters. The van der Waals surface area contributed by atoms with Gasteiger partial charge in [-0.05, 0) is 0 Å². The van der Waals surface area contributed by atoms with E-state index in [2.05, 4.69) is 12.1 Å². The SMILES string of the molecule is CC.Cc1[c-]c(C#N)[c-]c2ccccc12.[Y].[Y].[Y]. The first-order chi connectivity index (χ1) is 7.31. The molecule has 0 aromatic heterocycles. The topological polar surface area (TPSA) is 23.8 Å². The standard InChI is InChI=1S/C12H7N.C2H6.3Y/c1-9-6-10(8-13)7-11-4-2-3-5-12(9)11;1-2;;;/h2-5H,1H3;1-2H3;;;/q-2;;;;. The molecular weight excluding hydrogens is 449 g/mol. The van der Waals surface area contributed by atoms with Crippen molar-refractivity contribution >= 4 is 10.8 Å². The van der Waals surface area contributed by atoms with E-state index in [1.165, 1.54) is 0 Å². The summed E-state index contributed by atoms with van der Waals surface area (Å²) < 4.78 is 0. The van der Waals surface area contributed by atoms with Crippen molar-refractivity contribution in [3.63, 3.8) is 0 Å². The molecule has 1 nitrogen and oxygen atoms in total. The van der Waals surface area contributed by atoms with Crippen molar-refractivity contribution in [3.05, 3.63) is 47.5 Å². The van der Waals surface area contributed by atoms with E-state index < -0.39 is 0 Å². The Morgan fingerprint density at radius 2 is 1.56 bits per heavy atom. The second-order valence-electron chi connectivity index (χ2n) is 2.91. The summed E-state index contributed by atoms with van der Waals surface area (Å²) >= 11 is 0. The van der Waals surface area contributed by atoms with E-state index in [9.17, 15) is 0 Å². The zero-order valence-corrected chi connectivity index (χ0v) is 19.5. The van der Waals surface area contributed by atoms with E-state index in [4.69, 9.17) is 5.26 Å². The minimum atomic E-state index is 0. The Morgan fingerprint density at radius 1 is 1.00 bits per heavy atom. The van der Waals surface area contributed by atoms with Gasteiger partial charge in [-0.3, -0.25) is 12.1 Å². The molecule has 0 fully saturated rings. The molecule has 4 heteroatoms. The number of nitriles is 1. The smallest absolute Gasteiger partial charge is 0 e. The Balaban J connectivity index is -0.000000429. The Labute approximate surface area is 185 Å². The van der Waals surface area contributed by atoms with Gasteiger partial charge in [0.15, 0.2) is 0 Å². The summed E-state index contributed by atoms with van der Waals surface area (Å²) in [4.78, 5) is 0. The van der Waals surface area contributed by atoms with E-state index in [1.54, 1.807) is 0 Å². The molecule has 0 aliphatic carbocycles. The molecule has 0 heterocycles. The number of hydrogen-bond acceptors (Lipinski definition) is 1. The van der Waals surface area contributed by atoms with Gasteiger partial charge < -0.3 is 5.26 Å². The molecule has 2 aromatic carbocycles. The maximum atomic E-state index is 8.71. The van der Waals surface area contributed by atoms with Crippen LogP contribution in [0.1, 0.15) is 25.0 Å². The van der Waals surface area contributed by atoms with Gasteiger partial charge >= 0.3 is 0 Å². The predicted octanol–water partition coefficient (Wildman–Crippen LogP) is 3.64. The Kier molecular flexibility index (Phi) is 18.4. The van der Waals surface area contributed by atoms with Crippen molar-refractivity contribution < 1.29 is 98.1 Å². The average Bonchev–Trinajstić information content (AvgIpc) is 2.31. The molecule has 2 aromatic rings. The van der Waals surface area contributed by atoms with Crippen LogP contribution in [0.15, 0.2) is 24.3 Å². The first kappa shape index (κ1) is 24.5. The van der Waals surface area contributed by atoms with Gasteiger partial charge in [0, 0.05) is 98.1 Å². The Bertz CT molecular complexity index is 504. The zero-order chi connectivity index (χ0) is 11.3.